The van der Waals surface area contributed by atoms with E-state index in [4.69, 9.17) is 0 Å². The van der Waals surface area contributed by atoms with E-state index in [1.165, 1.54) is 11.3 Å². The van der Waals surface area contributed by atoms with Crippen LogP contribution < -0.4 is 10.2 Å². The van der Waals surface area contributed by atoms with Gasteiger partial charge in [0, 0.05) is 35.5 Å². The van der Waals surface area contributed by atoms with Crippen LogP contribution in [0.4, 0.5) is 10.8 Å². The van der Waals surface area contributed by atoms with Crippen LogP contribution in [0, 0.1) is 5.92 Å². The van der Waals surface area contributed by atoms with Crippen molar-refractivity contribution < 1.29 is 9.59 Å². The second-order valence-corrected chi connectivity index (χ2v) is 7.33. The number of hydrogen-bond donors (Lipinski definition) is 1. The fraction of sp³-hybridized carbons (Fsp3) is 0.389. The van der Waals surface area contributed by atoms with Crippen molar-refractivity contribution in [3.05, 3.63) is 29.1 Å². The highest BCUT2D eigenvalue weighted by molar-refractivity contribution is 7.14. The van der Waals surface area contributed by atoms with Gasteiger partial charge in [-0.3, -0.25) is 9.59 Å². The summed E-state index contributed by atoms with van der Waals surface area (Å²) in [6.07, 6.45) is 0.851. The molecule has 0 spiro atoms. The average molecular weight is 343 g/mol. The molecule has 0 fully saturated rings. The van der Waals surface area contributed by atoms with Crippen molar-refractivity contribution in [2.45, 2.75) is 40.2 Å². The number of rotatable bonds is 3. The summed E-state index contributed by atoms with van der Waals surface area (Å²) < 4.78 is 0. The molecule has 0 bridgehead atoms. The summed E-state index contributed by atoms with van der Waals surface area (Å²) in [6.45, 7) is 7.37. The van der Waals surface area contributed by atoms with Crippen molar-refractivity contribution in [2.75, 3.05) is 10.2 Å². The maximum Gasteiger partial charge on any atom is 0.228 e. The molecule has 0 saturated heterocycles. The number of benzene rings is 1. The Morgan fingerprint density at radius 2 is 2.12 bits per heavy atom. The molecule has 1 aromatic carbocycles. The molecule has 1 aliphatic heterocycles. The lowest BCUT2D eigenvalue weighted by molar-refractivity contribution is -0.119. The fourth-order valence-corrected chi connectivity index (χ4v) is 3.71. The molecule has 24 heavy (non-hydrogen) atoms. The molecule has 2 aromatic rings. The van der Waals surface area contributed by atoms with Gasteiger partial charge < -0.3 is 10.2 Å². The third-order valence-corrected chi connectivity index (χ3v) is 4.95. The molecule has 1 aliphatic rings. The fourth-order valence-electron chi connectivity index (χ4n) is 2.98. The molecule has 6 heteroatoms. The number of hydrogen-bond acceptors (Lipinski definition) is 4. The van der Waals surface area contributed by atoms with Gasteiger partial charge in [-0.1, -0.05) is 19.9 Å². The van der Waals surface area contributed by atoms with E-state index in [1.54, 1.807) is 6.92 Å². The molecule has 1 aromatic heterocycles. The van der Waals surface area contributed by atoms with E-state index in [0.29, 0.717) is 5.13 Å². The summed E-state index contributed by atoms with van der Waals surface area (Å²) in [4.78, 5) is 29.9. The number of fused-ring (bicyclic) bond motifs is 1. The molecule has 0 saturated carbocycles. The first-order valence-corrected chi connectivity index (χ1v) is 8.94. The van der Waals surface area contributed by atoms with E-state index in [1.807, 2.05) is 36.3 Å². The topological polar surface area (TPSA) is 62.3 Å². The molecule has 0 unspecified atom stereocenters. The summed E-state index contributed by atoms with van der Waals surface area (Å²) in [5, 5.41) is 5.39. The van der Waals surface area contributed by atoms with Gasteiger partial charge in [-0.25, -0.2) is 4.98 Å². The summed E-state index contributed by atoms with van der Waals surface area (Å²) in [5.41, 5.74) is 4.00. The molecular formula is C18H21N3O2S. The predicted octanol–water partition coefficient (Wildman–Crippen LogP) is 3.70. The number of nitrogens with zero attached hydrogens (tertiary/aromatic N) is 2. The van der Waals surface area contributed by atoms with Crippen LogP contribution in [0.1, 0.15) is 33.3 Å². The highest BCUT2D eigenvalue weighted by Crippen LogP contribution is 2.36. The first-order chi connectivity index (χ1) is 11.4. The molecule has 1 atom stereocenters. The number of anilines is 2. The van der Waals surface area contributed by atoms with Crippen LogP contribution in [0.15, 0.2) is 23.6 Å². The molecular weight excluding hydrogens is 322 g/mol. The van der Waals surface area contributed by atoms with Gasteiger partial charge in [-0.2, -0.15) is 0 Å². The first-order valence-electron chi connectivity index (χ1n) is 8.06. The molecule has 0 radical (unpaired) electrons. The van der Waals surface area contributed by atoms with E-state index < -0.39 is 0 Å². The van der Waals surface area contributed by atoms with E-state index in [9.17, 15) is 9.59 Å². The van der Waals surface area contributed by atoms with Gasteiger partial charge in [-0.15, -0.1) is 11.3 Å². The van der Waals surface area contributed by atoms with Crippen molar-refractivity contribution in [3.8, 4) is 11.3 Å². The SMILES string of the molecule is CC(=O)N1c2ccc(-c3csc(NC(=O)C(C)C)n3)cc2C[C@H]1C. The Labute approximate surface area is 145 Å². The normalized spacial score (nSPS) is 16.4. The van der Waals surface area contributed by atoms with Crippen molar-refractivity contribution in [2.24, 2.45) is 5.92 Å². The summed E-state index contributed by atoms with van der Waals surface area (Å²) in [7, 11) is 0. The van der Waals surface area contributed by atoms with Crippen molar-refractivity contribution in [1.82, 2.24) is 4.98 Å². The predicted molar refractivity (Wildman–Crippen MR) is 97.3 cm³/mol. The van der Waals surface area contributed by atoms with Crippen LogP contribution in [-0.2, 0) is 16.0 Å². The maximum absolute atomic E-state index is 11.8. The third kappa shape index (κ3) is 3.06. The molecule has 1 N–H and O–H groups in total. The van der Waals surface area contributed by atoms with E-state index in [0.717, 1.165) is 28.9 Å². The second-order valence-electron chi connectivity index (χ2n) is 6.47. The zero-order chi connectivity index (χ0) is 17.4. The first kappa shape index (κ1) is 16.6. The van der Waals surface area contributed by atoms with Gasteiger partial charge in [0.25, 0.3) is 0 Å². The Balaban J connectivity index is 1.85. The van der Waals surface area contributed by atoms with Crippen molar-refractivity contribution in [1.29, 1.82) is 0 Å². The molecule has 5 nitrogen and oxygen atoms in total. The monoisotopic (exact) mass is 343 g/mol. The van der Waals surface area contributed by atoms with Gasteiger partial charge in [0.1, 0.15) is 0 Å². The molecule has 126 valence electrons. The zero-order valence-electron chi connectivity index (χ0n) is 14.3. The van der Waals surface area contributed by atoms with Crippen LogP contribution in [0.2, 0.25) is 0 Å². The Morgan fingerprint density at radius 1 is 1.38 bits per heavy atom. The molecule has 3 rings (SSSR count). The smallest absolute Gasteiger partial charge is 0.228 e. The lowest BCUT2D eigenvalue weighted by Crippen LogP contribution is -2.33. The maximum atomic E-state index is 11.8. The second kappa shape index (κ2) is 6.36. The highest BCUT2D eigenvalue weighted by Gasteiger charge is 2.29. The van der Waals surface area contributed by atoms with Crippen LogP contribution in [-0.4, -0.2) is 22.8 Å². The summed E-state index contributed by atoms with van der Waals surface area (Å²) in [5.74, 6) is -0.0338. The van der Waals surface area contributed by atoms with Crippen LogP contribution in [0.3, 0.4) is 0 Å². The van der Waals surface area contributed by atoms with Gasteiger partial charge in [-0.05, 0) is 31.0 Å². The minimum Gasteiger partial charge on any atom is -0.309 e. The number of nitrogens with one attached hydrogen (secondary N) is 1. The quantitative estimate of drug-likeness (QED) is 0.924. The van der Waals surface area contributed by atoms with Gasteiger partial charge in [0.15, 0.2) is 5.13 Å². The van der Waals surface area contributed by atoms with Gasteiger partial charge in [0.05, 0.1) is 5.69 Å². The molecule has 0 aliphatic carbocycles. The minimum absolute atomic E-state index is 0.0317. The van der Waals surface area contributed by atoms with E-state index >= 15 is 0 Å². The summed E-state index contributed by atoms with van der Waals surface area (Å²) in [6, 6.07) is 6.25. The number of amides is 2. The Kier molecular flexibility index (Phi) is 4.41. The Bertz CT molecular complexity index is 797. The van der Waals surface area contributed by atoms with Crippen LogP contribution in [0.5, 0.6) is 0 Å². The number of carbonyl (C=O) groups is 2. The lowest BCUT2D eigenvalue weighted by Gasteiger charge is -2.20. The van der Waals surface area contributed by atoms with Crippen LogP contribution >= 0.6 is 11.3 Å². The molecule has 2 heterocycles. The number of thiazole rings is 1. The average Bonchev–Trinajstić information content (AvgIpc) is 3.09. The summed E-state index contributed by atoms with van der Waals surface area (Å²) >= 11 is 1.42. The Hall–Kier alpha value is -2.21. The largest absolute Gasteiger partial charge is 0.309 e. The van der Waals surface area contributed by atoms with Crippen molar-refractivity contribution in [3.63, 3.8) is 0 Å². The number of aromatic nitrogens is 1. The number of carbonyl (C=O) groups excluding carboxylic acids is 2. The highest BCUT2D eigenvalue weighted by atomic mass is 32.1. The van der Waals surface area contributed by atoms with E-state index in [-0.39, 0.29) is 23.8 Å². The zero-order valence-corrected chi connectivity index (χ0v) is 15.1. The Morgan fingerprint density at radius 3 is 2.79 bits per heavy atom. The van der Waals surface area contributed by atoms with Gasteiger partial charge >= 0.3 is 0 Å². The third-order valence-electron chi connectivity index (χ3n) is 4.19. The van der Waals surface area contributed by atoms with Crippen LogP contribution in [0.25, 0.3) is 11.3 Å². The molecule has 2 amide bonds. The standard InChI is InChI=1S/C18H21N3O2S/c1-10(2)17(23)20-18-19-15(9-24-18)13-5-6-16-14(8-13)7-11(3)21(16)12(4)22/h5-6,8-11H,7H2,1-4H3,(H,19,20,23)/t11-/m1/s1. The lowest BCUT2D eigenvalue weighted by atomic mass is 10.1. The van der Waals surface area contributed by atoms with Gasteiger partial charge in [0.2, 0.25) is 11.8 Å². The van der Waals surface area contributed by atoms with E-state index in [2.05, 4.69) is 23.3 Å². The van der Waals surface area contributed by atoms with Crippen molar-refractivity contribution >= 4 is 34.0 Å². The minimum atomic E-state index is -0.0728.